The van der Waals surface area contributed by atoms with Gasteiger partial charge in [-0.25, -0.2) is 0 Å². The number of alkyl halides is 3. The number of amides is 1. The molecule has 1 aliphatic rings. The third kappa shape index (κ3) is 5.27. The fourth-order valence-corrected chi connectivity index (χ4v) is 2.64. The predicted octanol–water partition coefficient (Wildman–Crippen LogP) is 0.289. The highest BCUT2D eigenvalue weighted by Gasteiger charge is 2.45. The van der Waals surface area contributed by atoms with Crippen molar-refractivity contribution in [2.75, 3.05) is 13.7 Å². The molecule has 1 amide bonds. The quantitative estimate of drug-likeness (QED) is 0.538. The van der Waals surface area contributed by atoms with E-state index in [9.17, 15) is 28.2 Å². The Bertz CT molecular complexity index is 679. The van der Waals surface area contributed by atoms with Crippen LogP contribution in [0.4, 0.5) is 13.2 Å². The van der Waals surface area contributed by atoms with E-state index in [2.05, 4.69) is 5.32 Å². The first-order valence-corrected chi connectivity index (χ1v) is 7.98. The van der Waals surface area contributed by atoms with E-state index < -0.39 is 54.9 Å². The molecule has 7 nitrogen and oxygen atoms in total. The smallest absolute Gasteiger partial charge is 0.394 e. The molecule has 1 aromatic rings. The first-order valence-electron chi connectivity index (χ1n) is 7.98. The molecule has 0 aromatic heterocycles. The van der Waals surface area contributed by atoms with Gasteiger partial charge in [-0.05, 0) is 23.8 Å². The van der Waals surface area contributed by atoms with Crippen molar-refractivity contribution in [3.05, 3.63) is 41.5 Å². The molecular formula is C17H20F3NO6. The molecule has 0 spiro atoms. The number of hydrogen-bond acceptors (Lipinski definition) is 6. The van der Waals surface area contributed by atoms with Gasteiger partial charge in [0.25, 0.3) is 0 Å². The maximum atomic E-state index is 12.7. The summed E-state index contributed by atoms with van der Waals surface area (Å²) in [6, 6.07) is 3.26. The van der Waals surface area contributed by atoms with Crippen molar-refractivity contribution in [1.82, 2.24) is 5.32 Å². The maximum absolute atomic E-state index is 12.7. The van der Waals surface area contributed by atoms with Gasteiger partial charge < -0.3 is 30.1 Å². The van der Waals surface area contributed by atoms with E-state index in [-0.39, 0.29) is 5.56 Å². The zero-order chi connectivity index (χ0) is 20.2. The number of methoxy groups -OCH3 is 1. The van der Waals surface area contributed by atoms with Crippen LogP contribution in [0.25, 0.3) is 6.08 Å². The minimum Gasteiger partial charge on any atom is -0.394 e. The molecule has 150 valence electrons. The summed E-state index contributed by atoms with van der Waals surface area (Å²) in [4.78, 5) is 12.1. The molecular weight excluding hydrogens is 371 g/mol. The topological polar surface area (TPSA) is 108 Å². The fraction of sp³-hybridized carbons (Fsp3) is 0.471. The average Bonchev–Trinajstić information content (AvgIpc) is 2.63. The van der Waals surface area contributed by atoms with Gasteiger partial charge in [0, 0.05) is 13.2 Å². The minimum atomic E-state index is -4.50. The van der Waals surface area contributed by atoms with E-state index in [1.165, 1.54) is 25.3 Å². The molecule has 0 saturated carbocycles. The zero-order valence-corrected chi connectivity index (χ0v) is 14.3. The maximum Gasteiger partial charge on any atom is 0.416 e. The van der Waals surface area contributed by atoms with Crippen molar-refractivity contribution in [1.29, 1.82) is 0 Å². The Morgan fingerprint density at radius 1 is 1.33 bits per heavy atom. The summed E-state index contributed by atoms with van der Waals surface area (Å²) in [6.45, 7) is -0.561. The fourth-order valence-electron chi connectivity index (χ4n) is 2.64. The number of rotatable bonds is 5. The number of nitrogens with one attached hydrogen (secondary N) is 1. The number of ether oxygens (including phenoxy) is 2. The molecule has 1 aliphatic heterocycles. The zero-order valence-electron chi connectivity index (χ0n) is 14.3. The van der Waals surface area contributed by atoms with E-state index in [4.69, 9.17) is 14.6 Å². The summed E-state index contributed by atoms with van der Waals surface area (Å²) >= 11 is 0. The molecule has 4 N–H and O–H groups in total. The summed E-state index contributed by atoms with van der Waals surface area (Å²) in [5.41, 5.74) is -0.692. The van der Waals surface area contributed by atoms with Crippen LogP contribution in [0.15, 0.2) is 30.3 Å². The van der Waals surface area contributed by atoms with Crippen molar-refractivity contribution in [3.63, 3.8) is 0 Å². The Kier molecular flexibility index (Phi) is 6.95. The van der Waals surface area contributed by atoms with E-state index in [1.54, 1.807) is 0 Å². The molecule has 5 atom stereocenters. The van der Waals surface area contributed by atoms with Crippen LogP contribution in [0.3, 0.4) is 0 Å². The standard InChI is InChI=1S/C17H20F3NO6/c1-26-16-13(15(25)14(24)11(8-22)27-16)21-12(23)6-5-9-3-2-4-10(7-9)17(18,19)20/h2-7,11,13-16,22,24-25H,8H2,1H3,(H,21,23)/b6-5+. The Hall–Kier alpha value is -1.98. The van der Waals surface area contributed by atoms with Gasteiger partial charge in [0.05, 0.1) is 12.2 Å². The molecule has 5 unspecified atom stereocenters. The molecule has 1 saturated heterocycles. The van der Waals surface area contributed by atoms with E-state index >= 15 is 0 Å². The van der Waals surface area contributed by atoms with Crippen molar-refractivity contribution in [2.24, 2.45) is 0 Å². The Balaban J connectivity index is 2.07. The van der Waals surface area contributed by atoms with Gasteiger partial charge in [-0.3, -0.25) is 4.79 Å². The van der Waals surface area contributed by atoms with E-state index in [1.807, 2.05) is 0 Å². The number of hydrogen-bond donors (Lipinski definition) is 4. The number of aliphatic hydroxyl groups excluding tert-OH is 3. The third-order valence-corrected chi connectivity index (χ3v) is 4.06. The van der Waals surface area contributed by atoms with Gasteiger partial charge in [-0.1, -0.05) is 12.1 Å². The van der Waals surface area contributed by atoms with Crippen LogP contribution in [0.5, 0.6) is 0 Å². The van der Waals surface area contributed by atoms with Crippen LogP contribution in [0.2, 0.25) is 0 Å². The number of carbonyl (C=O) groups excluding carboxylic acids is 1. The lowest BCUT2D eigenvalue weighted by Crippen LogP contribution is -2.64. The number of benzene rings is 1. The number of halogens is 3. The minimum absolute atomic E-state index is 0.157. The normalized spacial score (nSPS) is 29.1. The van der Waals surface area contributed by atoms with Crippen LogP contribution in [0.1, 0.15) is 11.1 Å². The van der Waals surface area contributed by atoms with Gasteiger partial charge in [0.1, 0.15) is 24.4 Å². The highest BCUT2D eigenvalue weighted by Crippen LogP contribution is 2.29. The lowest BCUT2D eigenvalue weighted by molar-refractivity contribution is -0.262. The van der Waals surface area contributed by atoms with Crippen LogP contribution >= 0.6 is 0 Å². The van der Waals surface area contributed by atoms with E-state index in [0.717, 1.165) is 18.2 Å². The summed E-state index contributed by atoms with van der Waals surface area (Å²) in [7, 11) is 1.25. The Labute approximate surface area is 153 Å². The van der Waals surface area contributed by atoms with Crippen LogP contribution in [-0.4, -0.2) is 65.6 Å². The predicted molar refractivity (Wildman–Crippen MR) is 87.2 cm³/mol. The molecule has 10 heteroatoms. The third-order valence-electron chi connectivity index (χ3n) is 4.06. The highest BCUT2D eigenvalue weighted by molar-refractivity contribution is 5.92. The highest BCUT2D eigenvalue weighted by atomic mass is 19.4. The van der Waals surface area contributed by atoms with Crippen LogP contribution < -0.4 is 5.32 Å². The first-order chi connectivity index (χ1) is 12.7. The van der Waals surface area contributed by atoms with Crippen molar-refractivity contribution >= 4 is 12.0 Å². The van der Waals surface area contributed by atoms with Crippen molar-refractivity contribution < 1.29 is 42.8 Å². The molecule has 1 heterocycles. The molecule has 1 fully saturated rings. The molecule has 2 rings (SSSR count). The summed E-state index contributed by atoms with van der Waals surface area (Å²) in [5.74, 6) is -0.739. The van der Waals surface area contributed by atoms with Crippen molar-refractivity contribution in [2.45, 2.75) is 36.8 Å². The molecule has 0 radical (unpaired) electrons. The second-order valence-corrected chi connectivity index (χ2v) is 5.93. The van der Waals surface area contributed by atoms with Crippen LogP contribution in [-0.2, 0) is 20.4 Å². The lowest BCUT2D eigenvalue weighted by Gasteiger charge is -2.41. The molecule has 27 heavy (non-hydrogen) atoms. The Morgan fingerprint density at radius 3 is 2.63 bits per heavy atom. The lowest BCUT2D eigenvalue weighted by atomic mass is 9.97. The number of carbonyl (C=O) groups is 1. The summed E-state index contributed by atoms with van der Waals surface area (Å²) in [6.07, 6.45) is -7.49. The Morgan fingerprint density at radius 2 is 2.04 bits per heavy atom. The van der Waals surface area contributed by atoms with Gasteiger partial charge in [0.2, 0.25) is 5.91 Å². The summed E-state index contributed by atoms with van der Waals surface area (Å²) < 4.78 is 48.3. The summed E-state index contributed by atoms with van der Waals surface area (Å²) in [5, 5.41) is 31.5. The second-order valence-electron chi connectivity index (χ2n) is 5.93. The molecule has 1 aromatic carbocycles. The molecule has 0 aliphatic carbocycles. The number of aliphatic hydroxyl groups is 3. The van der Waals surface area contributed by atoms with Crippen LogP contribution in [0, 0.1) is 0 Å². The SMILES string of the molecule is COC1OC(CO)C(O)C(O)C1NC(=O)/C=C/c1cccc(C(F)(F)F)c1. The second kappa shape index (κ2) is 8.81. The van der Waals surface area contributed by atoms with Gasteiger partial charge in [-0.2, -0.15) is 13.2 Å². The van der Waals surface area contributed by atoms with E-state index in [0.29, 0.717) is 0 Å². The molecule has 0 bridgehead atoms. The van der Waals surface area contributed by atoms with Crippen molar-refractivity contribution in [3.8, 4) is 0 Å². The average molecular weight is 391 g/mol. The first kappa shape index (κ1) is 21.3. The van der Waals surface area contributed by atoms with Gasteiger partial charge in [0.15, 0.2) is 6.29 Å². The van der Waals surface area contributed by atoms with Gasteiger partial charge in [-0.15, -0.1) is 0 Å². The largest absolute Gasteiger partial charge is 0.416 e. The van der Waals surface area contributed by atoms with Gasteiger partial charge >= 0.3 is 6.18 Å². The monoisotopic (exact) mass is 391 g/mol.